The van der Waals surface area contributed by atoms with E-state index in [1.165, 1.54) is 11.1 Å². The smallest absolute Gasteiger partial charge is 0.343 e. The summed E-state index contributed by atoms with van der Waals surface area (Å²) in [5.41, 5.74) is 2.70. The standard InChI is InChI=1S/C21H31F3N2O/c1-3-26(20(27)8-12-21(22,23)24)16-18-9-13-25(14-10-18)15-11-19-7-5-4-6-17(19)2/h4-7,18H,3,8-16H2,1-2H3. The third-order valence-corrected chi connectivity index (χ3v) is 5.50. The number of benzene rings is 1. The number of halogens is 3. The zero-order valence-electron chi connectivity index (χ0n) is 16.4. The number of alkyl halides is 3. The van der Waals surface area contributed by atoms with Crippen LogP contribution in [-0.2, 0) is 11.2 Å². The van der Waals surface area contributed by atoms with Crippen LogP contribution in [0.25, 0.3) is 0 Å². The molecule has 0 spiro atoms. The Morgan fingerprint density at radius 1 is 1.22 bits per heavy atom. The Kier molecular flexibility index (Phi) is 8.14. The lowest BCUT2D eigenvalue weighted by Crippen LogP contribution is -2.41. The molecule has 1 saturated heterocycles. The molecule has 27 heavy (non-hydrogen) atoms. The molecule has 0 bridgehead atoms. The molecule has 0 aromatic heterocycles. The molecule has 1 amide bonds. The Morgan fingerprint density at radius 2 is 1.89 bits per heavy atom. The molecule has 1 aromatic rings. The van der Waals surface area contributed by atoms with Crippen LogP contribution >= 0.6 is 0 Å². The zero-order chi connectivity index (χ0) is 19.9. The van der Waals surface area contributed by atoms with Crippen molar-refractivity contribution in [3.05, 3.63) is 35.4 Å². The van der Waals surface area contributed by atoms with Crippen molar-refractivity contribution < 1.29 is 18.0 Å². The van der Waals surface area contributed by atoms with Gasteiger partial charge in [0.15, 0.2) is 0 Å². The maximum absolute atomic E-state index is 12.3. The SMILES string of the molecule is CCN(CC1CCN(CCc2ccccc2C)CC1)C(=O)CCC(F)(F)F. The summed E-state index contributed by atoms with van der Waals surface area (Å²) < 4.78 is 37.0. The molecule has 0 saturated carbocycles. The van der Waals surface area contributed by atoms with Crippen molar-refractivity contribution in [2.45, 2.75) is 52.1 Å². The lowest BCUT2D eigenvalue weighted by Gasteiger charge is -2.34. The van der Waals surface area contributed by atoms with Crippen LogP contribution in [0.3, 0.4) is 0 Å². The van der Waals surface area contributed by atoms with Crippen molar-refractivity contribution in [3.8, 4) is 0 Å². The summed E-state index contributed by atoms with van der Waals surface area (Å²) in [6, 6.07) is 8.44. The van der Waals surface area contributed by atoms with E-state index < -0.39 is 19.0 Å². The number of carbonyl (C=O) groups is 1. The summed E-state index contributed by atoms with van der Waals surface area (Å²) >= 11 is 0. The second kappa shape index (κ2) is 10.1. The van der Waals surface area contributed by atoms with Crippen LogP contribution in [-0.4, -0.2) is 54.6 Å². The van der Waals surface area contributed by atoms with Crippen LogP contribution in [0.5, 0.6) is 0 Å². The molecule has 3 nitrogen and oxygen atoms in total. The fourth-order valence-corrected chi connectivity index (χ4v) is 3.69. The fourth-order valence-electron chi connectivity index (χ4n) is 3.69. The number of piperidine rings is 1. The van der Waals surface area contributed by atoms with E-state index in [0.717, 1.165) is 38.9 Å². The van der Waals surface area contributed by atoms with Gasteiger partial charge in [-0.05, 0) is 63.2 Å². The Labute approximate surface area is 160 Å². The van der Waals surface area contributed by atoms with Gasteiger partial charge in [0.2, 0.25) is 5.91 Å². The van der Waals surface area contributed by atoms with E-state index in [4.69, 9.17) is 0 Å². The van der Waals surface area contributed by atoms with Crippen molar-refractivity contribution in [1.29, 1.82) is 0 Å². The number of carbonyl (C=O) groups excluding carboxylic acids is 1. The van der Waals surface area contributed by atoms with Crippen molar-refractivity contribution >= 4 is 5.91 Å². The molecule has 0 atom stereocenters. The molecular formula is C21H31F3N2O. The fraction of sp³-hybridized carbons (Fsp3) is 0.667. The molecule has 1 aliphatic heterocycles. The number of aryl methyl sites for hydroxylation is 1. The van der Waals surface area contributed by atoms with Crippen molar-refractivity contribution in [2.75, 3.05) is 32.7 Å². The highest BCUT2D eigenvalue weighted by Gasteiger charge is 2.30. The van der Waals surface area contributed by atoms with Gasteiger partial charge in [-0.3, -0.25) is 4.79 Å². The van der Waals surface area contributed by atoms with Crippen molar-refractivity contribution in [2.24, 2.45) is 5.92 Å². The first-order valence-electron chi connectivity index (χ1n) is 9.90. The maximum atomic E-state index is 12.3. The monoisotopic (exact) mass is 384 g/mol. The lowest BCUT2D eigenvalue weighted by atomic mass is 9.95. The van der Waals surface area contributed by atoms with Crippen LogP contribution in [0, 0.1) is 12.8 Å². The van der Waals surface area contributed by atoms with Crippen LogP contribution in [0.4, 0.5) is 13.2 Å². The first kappa shape index (κ1) is 21.7. The molecule has 0 unspecified atom stereocenters. The van der Waals surface area contributed by atoms with Gasteiger partial charge in [-0.15, -0.1) is 0 Å². The van der Waals surface area contributed by atoms with E-state index in [1.807, 2.05) is 6.92 Å². The van der Waals surface area contributed by atoms with Gasteiger partial charge in [0.1, 0.15) is 0 Å². The van der Waals surface area contributed by atoms with Crippen LogP contribution in [0.2, 0.25) is 0 Å². The minimum atomic E-state index is -4.27. The molecule has 2 rings (SSSR count). The average Bonchev–Trinajstić information content (AvgIpc) is 2.64. The number of rotatable bonds is 8. The molecular weight excluding hydrogens is 353 g/mol. The quantitative estimate of drug-likeness (QED) is 0.662. The largest absolute Gasteiger partial charge is 0.389 e. The highest BCUT2D eigenvalue weighted by molar-refractivity contribution is 5.76. The maximum Gasteiger partial charge on any atom is 0.389 e. The van der Waals surface area contributed by atoms with E-state index in [1.54, 1.807) is 4.90 Å². The van der Waals surface area contributed by atoms with Gasteiger partial charge >= 0.3 is 6.18 Å². The first-order chi connectivity index (χ1) is 12.8. The Balaban J connectivity index is 1.72. The molecule has 6 heteroatoms. The van der Waals surface area contributed by atoms with E-state index in [2.05, 4.69) is 36.1 Å². The van der Waals surface area contributed by atoms with Gasteiger partial charge in [-0.2, -0.15) is 13.2 Å². The minimum absolute atomic E-state index is 0.378. The Bertz CT molecular complexity index is 595. The predicted molar refractivity (Wildman–Crippen MR) is 102 cm³/mol. The molecule has 0 radical (unpaired) electrons. The number of hydrogen-bond acceptors (Lipinski definition) is 2. The second-order valence-electron chi connectivity index (χ2n) is 7.51. The van der Waals surface area contributed by atoms with Gasteiger partial charge in [0, 0.05) is 26.1 Å². The second-order valence-corrected chi connectivity index (χ2v) is 7.51. The predicted octanol–water partition coefficient (Wildman–Crippen LogP) is 4.44. The number of hydrogen-bond donors (Lipinski definition) is 0. The van der Waals surface area contributed by atoms with Gasteiger partial charge in [-0.25, -0.2) is 0 Å². The summed E-state index contributed by atoms with van der Waals surface area (Å²) in [4.78, 5) is 16.1. The van der Waals surface area contributed by atoms with Gasteiger partial charge in [-0.1, -0.05) is 24.3 Å². The normalized spacial score (nSPS) is 16.5. The molecule has 1 heterocycles. The molecule has 1 fully saturated rings. The third kappa shape index (κ3) is 7.53. The molecule has 0 N–H and O–H groups in total. The summed E-state index contributed by atoms with van der Waals surface area (Å²) in [5, 5.41) is 0. The average molecular weight is 384 g/mol. The number of amides is 1. The summed E-state index contributed by atoms with van der Waals surface area (Å²) in [7, 11) is 0. The summed E-state index contributed by atoms with van der Waals surface area (Å²) in [5.74, 6) is 0.00584. The summed E-state index contributed by atoms with van der Waals surface area (Å²) in [6.07, 6.45) is -2.70. The molecule has 0 aliphatic carbocycles. The van der Waals surface area contributed by atoms with Gasteiger partial charge in [0.25, 0.3) is 0 Å². The first-order valence-corrected chi connectivity index (χ1v) is 9.90. The van der Waals surface area contributed by atoms with Gasteiger partial charge < -0.3 is 9.80 Å². The number of nitrogens with zero attached hydrogens (tertiary/aromatic N) is 2. The van der Waals surface area contributed by atoms with Crippen LogP contribution in [0.15, 0.2) is 24.3 Å². The Morgan fingerprint density at radius 3 is 2.48 bits per heavy atom. The van der Waals surface area contributed by atoms with E-state index in [9.17, 15) is 18.0 Å². The Hall–Kier alpha value is -1.56. The lowest BCUT2D eigenvalue weighted by molar-refractivity contribution is -0.149. The highest BCUT2D eigenvalue weighted by Crippen LogP contribution is 2.23. The van der Waals surface area contributed by atoms with E-state index >= 15 is 0 Å². The minimum Gasteiger partial charge on any atom is -0.343 e. The van der Waals surface area contributed by atoms with E-state index in [-0.39, 0.29) is 5.91 Å². The highest BCUT2D eigenvalue weighted by atomic mass is 19.4. The number of likely N-dealkylation sites (tertiary alicyclic amines) is 1. The topological polar surface area (TPSA) is 23.6 Å². The molecule has 1 aromatic carbocycles. The summed E-state index contributed by atoms with van der Waals surface area (Å²) in [6.45, 7) is 8.04. The van der Waals surface area contributed by atoms with Crippen molar-refractivity contribution in [3.63, 3.8) is 0 Å². The molecule has 1 aliphatic rings. The third-order valence-electron chi connectivity index (χ3n) is 5.50. The van der Waals surface area contributed by atoms with Crippen molar-refractivity contribution in [1.82, 2.24) is 9.80 Å². The van der Waals surface area contributed by atoms with Crippen LogP contribution in [0.1, 0.15) is 43.7 Å². The molecule has 152 valence electrons. The van der Waals surface area contributed by atoms with E-state index in [0.29, 0.717) is 19.0 Å². The van der Waals surface area contributed by atoms with Crippen LogP contribution < -0.4 is 0 Å². The van der Waals surface area contributed by atoms with Gasteiger partial charge in [0.05, 0.1) is 6.42 Å². The zero-order valence-corrected chi connectivity index (χ0v) is 16.4.